The second-order valence-electron chi connectivity index (χ2n) is 6.08. The van der Waals surface area contributed by atoms with Crippen LogP contribution in [0.4, 0.5) is 0 Å². The Labute approximate surface area is 147 Å². The Bertz CT molecular complexity index is 851. The number of rotatable bonds is 6. The topological polar surface area (TPSA) is 72.5 Å². The van der Waals surface area contributed by atoms with Crippen LogP contribution in [0.2, 0.25) is 0 Å². The summed E-state index contributed by atoms with van der Waals surface area (Å²) in [4.78, 5) is 12.6. The molecule has 1 unspecified atom stereocenters. The quantitative estimate of drug-likeness (QED) is 0.860. The number of hydrogen-bond acceptors (Lipinski definition) is 4. The van der Waals surface area contributed by atoms with Gasteiger partial charge in [-0.15, -0.1) is 0 Å². The van der Waals surface area contributed by atoms with Crippen LogP contribution in [0.15, 0.2) is 53.4 Å². The molecule has 1 N–H and O–H groups in total. The lowest BCUT2D eigenvalue weighted by molar-refractivity contribution is 0.0930. The number of para-hydroxylation sites is 1. The minimum atomic E-state index is -3.46. The molecule has 1 atom stereocenters. The van der Waals surface area contributed by atoms with Crippen molar-refractivity contribution in [2.45, 2.75) is 30.8 Å². The SMILES string of the molecule is CCCS(=O)(=O)c1ccccc1C(=O)NCC1Cc2ccccc2O1. The van der Waals surface area contributed by atoms with Crippen LogP contribution in [-0.2, 0) is 16.3 Å². The van der Waals surface area contributed by atoms with E-state index < -0.39 is 15.7 Å². The Morgan fingerprint density at radius 1 is 1.16 bits per heavy atom. The Kier molecular flexibility index (Phi) is 5.08. The molecule has 0 fully saturated rings. The van der Waals surface area contributed by atoms with E-state index in [1.54, 1.807) is 25.1 Å². The average molecular weight is 359 g/mol. The van der Waals surface area contributed by atoms with E-state index in [-0.39, 0.29) is 22.3 Å². The molecule has 5 nitrogen and oxygen atoms in total. The third kappa shape index (κ3) is 3.85. The predicted molar refractivity (Wildman–Crippen MR) is 95.7 cm³/mol. The molecular formula is C19H21NO4S. The number of fused-ring (bicyclic) bond motifs is 1. The molecule has 2 aromatic rings. The van der Waals surface area contributed by atoms with E-state index in [2.05, 4.69) is 5.32 Å². The van der Waals surface area contributed by atoms with Crippen LogP contribution in [0.25, 0.3) is 0 Å². The van der Waals surface area contributed by atoms with Crippen LogP contribution < -0.4 is 10.1 Å². The van der Waals surface area contributed by atoms with Crippen LogP contribution in [0.3, 0.4) is 0 Å². The van der Waals surface area contributed by atoms with Crippen LogP contribution in [0.5, 0.6) is 5.75 Å². The van der Waals surface area contributed by atoms with Gasteiger partial charge < -0.3 is 10.1 Å². The Hall–Kier alpha value is -2.34. The van der Waals surface area contributed by atoms with E-state index in [0.717, 1.165) is 17.7 Å². The normalized spacial score (nSPS) is 16.1. The lowest BCUT2D eigenvalue weighted by Crippen LogP contribution is -2.35. The van der Waals surface area contributed by atoms with Gasteiger partial charge in [-0.1, -0.05) is 37.3 Å². The molecule has 1 aliphatic rings. The zero-order valence-electron chi connectivity index (χ0n) is 14.1. The molecule has 0 spiro atoms. The standard InChI is InChI=1S/C19H21NO4S/c1-2-11-25(22,23)18-10-6-4-8-16(18)19(21)20-13-15-12-14-7-3-5-9-17(14)24-15/h3-10,15H,2,11-13H2,1H3,(H,20,21). The summed E-state index contributed by atoms with van der Waals surface area (Å²) in [5.41, 5.74) is 1.30. The molecule has 2 aromatic carbocycles. The molecule has 1 heterocycles. The summed E-state index contributed by atoms with van der Waals surface area (Å²) in [5, 5.41) is 2.80. The maximum absolute atomic E-state index is 12.5. The van der Waals surface area contributed by atoms with Crippen molar-refractivity contribution in [2.24, 2.45) is 0 Å². The van der Waals surface area contributed by atoms with Crippen molar-refractivity contribution in [1.82, 2.24) is 5.32 Å². The predicted octanol–water partition coefficient (Wildman–Crippen LogP) is 2.60. The number of hydrogen-bond donors (Lipinski definition) is 1. The first-order valence-corrected chi connectivity index (χ1v) is 10.0. The number of carbonyl (C=O) groups is 1. The van der Waals surface area contributed by atoms with Gasteiger partial charge in [0.2, 0.25) is 0 Å². The van der Waals surface area contributed by atoms with Gasteiger partial charge in [0.05, 0.1) is 22.8 Å². The molecule has 0 aliphatic carbocycles. The van der Waals surface area contributed by atoms with Crippen molar-refractivity contribution in [3.8, 4) is 5.75 Å². The molecule has 25 heavy (non-hydrogen) atoms. The molecule has 0 saturated carbocycles. The van der Waals surface area contributed by atoms with Gasteiger partial charge in [0.15, 0.2) is 9.84 Å². The van der Waals surface area contributed by atoms with E-state index in [1.165, 1.54) is 6.07 Å². The third-order valence-corrected chi connectivity index (χ3v) is 6.12. The van der Waals surface area contributed by atoms with E-state index in [4.69, 9.17) is 4.74 Å². The lowest BCUT2D eigenvalue weighted by atomic mass is 10.1. The van der Waals surface area contributed by atoms with Crippen LogP contribution in [0, 0.1) is 0 Å². The minimum absolute atomic E-state index is 0.0261. The lowest BCUT2D eigenvalue weighted by Gasteiger charge is -2.14. The number of sulfone groups is 1. The number of nitrogens with one attached hydrogen (secondary N) is 1. The fraction of sp³-hybridized carbons (Fsp3) is 0.316. The van der Waals surface area contributed by atoms with Gasteiger partial charge >= 0.3 is 0 Å². The van der Waals surface area contributed by atoms with Crippen molar-refractivity contribution >= 4 is 15.7 Å². The first-order chi connectivity index (χ1) is 12.0. The van der Waals surface area contributed by atoms with Crippen molar-refractivity contribution in [3.05, 3.63) is 59.7 Å². The van der Waals surface area contributed by atoms with Gasteiger partial charge in [-0.25, -0.2) is 8.42 Å². The fourth-order valence-electron chi connectivity index (χ4n) is 2.97. The highest BCUT2D eigenvalue weighted by atomic mass is 32.2. The molecule has 1 aliphatic heterocycles. The van der Waals surface area contributed by atoms with E-state index in [0.29, 0.717) is 13.0 Å². The molecule has 0 aromatic heterocycles. The van der Waals surface area contributed by atoms with Crippen molar-refractivity contribution in [2.75, 3.05) is 12.3 Å². The highest BCUT2D eigenvalue weighted by Gasteiger charge is 2.25. The van der Waals surface area contributed by atoms with Crippen LogP contribution >= 0.6 is 0 Å². The van der Waals surface area contributed by atoms with Gasteiger partial charge in [0.25, 0.3) is 5.91 Å². The van der Waals surface area contributed by atoms with Gasteiger partial charge in [-0.2, -0.15) is 0 Å². The first-order valence-electron chi connectivity index (χ1n) is 8.36. The molecule has 0 saturated heterocycles. The second kappa shape index (κ2) is 7.27. The third-order valence-electron chi connectivity index (χ3n) is 4.14. The Morgan fingerprint density at radius 2 is 1.88 bits per heavy atom. The van der Waals surface area contributed by atoms with Gasteiger partial charge in [0, 0.05) is 6.42 Å². The van der Waals surface area contributed by atoms with Crippen LogP contribution in [0.1, 0.15) is 29.3 Å². The molecule has 0 bridgehead atoms. The molecule has 6 heteroatoms. The maximum Gasteiger partial charge on any atom is 0.252 e. The monoisotopic (exact) mass is 359 g/mol. The Morgan fingerprint density at radius 3 is 2.64 bits per heavy atom. The molecule has 132 valence electrons. The van der Waals surface area contributed by atoms with E-state index in [1.807, 2.05) is 24.3 Å². The van der Waals surface area contributed by atoms with Crippen molar-refractivity contribution in [3.63, 3.8) is 0 Å². The number of benzene rings is 2. The number of carbonyl (C=O) groups excluding carboxylic acids is 1. The number of amides is 1. The zero-order valence-corrected chi connectivity index (χ0v) is 14.9. The summed E-state index contributed by atoms with van der Waals surface area (Å²) in [6, 6.07) is 14.1. The summed E-state index contributed by atoms with van der Waals surface area (Å²) < 4.78 is 30.5. The zero-order chi connectivity index (χ0) is 17.9. The Balaban J connectivity index is 1.69. The average Bonchev–Trinajstić information content (AvgIpc) is 3.02. The van der Waals surface area contributed by atoms with E-state index in [9.17, 15) is 13.2 Å². The number of ether oxygens (including phenoxy) is 1. The fourth-order valence-corrected chi connectivity index (χ4v) is 4.51. The summed E-state index contributed by atoms with van der Waals surface area (Å²) in [6.45, 7) is 2.13. The largest absolute Gasteiger partial charge is 0.488 e. The highest BCUT2D eigenvalue weighted by molar-refractivity contribution is 7.91. The first kappa shape index (κ1) is 17.5. The van der Waals surface area contributed by atoms with E-state index >= 15 is 0 Å². The van der Waals surface area contributed by atoms with Gasteiger partial charge in [-0.05, 0) is 30.2 Å². The molecule has 3 rings (SSSR count). The summed E-state index contributed by atoms with van der Waals surface area (Å²) in [7, 11) is -3.46. The molecule has 0 radical (unpaired) electrons. The summed E-state index contributed by atoms with van der Waals surface area (Å²) >= 11 is 0. The minimum Gasteiger partial charge on any atom is -0.488 e. The van der Waals surface area contributed by atoms with Gasteiger partial charge in [0.1, 0.15) is 11.9 Å². The van der Waals surface area contributed by atoms with Crippen molar-refractivity contribution in [1.29, 1.82) is 0 Å². The van der Waals surface area contributed by atoms with Crippen molar-refractivity contribution < 1.29 is 17.9 Å². The summed E-state index contributed by atoms with van der Waals surface area (Å²) in [6.07, 6.45) is 1.10. The maximum atomic E-state index is 12.5. The van der Waals surface area contributed by atoms with Crippen LogP contribution in [-0.4, -0.2) is 32.7 Å². The van der Waals surface area contributed by atoms with Gasteiger partial charge in [-0.3, -0.25) is 4.79 Å². The molecular weight excluding hydrogens is 338 g/mol. The highest BCUT2D eigenvalue weighted by Crippen LogP contribution is 2.27. The summed E-state index contributed by atoms with van der Waals surface area (Å²) in [5.74, 6) is 0.473. The molecule has 1 amide bonds. The smallest absolute Gasteiger partial charge is 0.252 e. The second-order valence-corrected chi connectivity index (χ2v) is 8.15.